The topological polar surface area (TPSA) is 32.3 Å². The molecular weight excluding hydrogens is 164 g/mol. The van der Waals surface area contributed by atoms with Gasteiger partial charge in [-0.1, -0.05) is 6.92 Å². The Bertz CT molecular complexity index is 199. The molecule has 1 aliphatic carbocycles. The maximum absolute atomic E-state index is 11.6. The van der Waals surface area contributed by atoms with Crippen LogP contribution in [0, 0.1) is 5.92 Å². The average molecular weight is 182 g/mol. The molecule has 0 radical (unpaired) electrons. The molecule has 2 fully saturated rings. The molecule has 2 atom stereocenters. The van der Waals surface area contributed by atoms with Crippen molar-refractivity contribution in [1.29, 1.82) is 0 Å². The number of rotatable bonds is 1. The first kappa shape index (κ1) is 8.85. The second-order valence-electron chi connectivity index (χ2n) is 4.30. The number of hydrogen-bond acceptors (Lipinski definition) is 1. The van der Waals surface area contributed by atoms with Gasteiger partial charge in [-0.05, 0) is 31.6 Å². The average Bonchev–Trinajstić information content (AvgIpc) is 2.64. The Morgan fingerprint density at radius 1 is 1.31 bits per heavy atom. The SMILES string of the molecule is CC1CCC1NC(=O)N1CCCC1. The van der Waals surface area contributed by atoms with Crippen LogP contribution in [0.2, 0.25) is 0 Å². The smallest absolute Gasteiger partial charge is 0.317 e. The molecular formula is C10H18N2O. The van der Waals surface area contributed by atoms with E-state index < -0.39 is 0 Å². The lowest BCUT2D eigenvalue weighted by atomic mass is 9.81. The number of nitrogens with one attached hydrogen (secondary N) is 1. The van der Waals surface area contributed by atoms with Gasteiger partial charge in [0, 0.05) is 19.1 Å². The van der Waals surface area contributed by atoms with Gasteiger partial charge in [-0.2, -0.15) is 0 Å². The molecule has 1 saturated carbocycles. The molecule has 0 spiro atoms. The largest absolute Gasteiger partial charge is 0.335 e. The van der Waals surface area contributed by atoms with Crippen LogP contribution in [0.15, 0.2) is 0 Å². The van der Waals surface area contributed by atoms with Crippen molar-refractivity contribution >= 4 is 6.03 Å². The molecule has 3 nitrogen and oxygen atoms in total. The zero-order valence-electron chi connectivity index (χ0n) is 8.25. The van der Waals surface area contributed by atoms with Gasteiger partial charge < -0.3 is 10.2 Å². The summed E-state index contributed by atoms with van der Waals surface area (Å²) in [6.07, 6.45) is 4.78. The lowest BCUT2D eigenvalue weighted by molar-refractivity contribution is 0.178. The Balaban J connectivity index is 1.77. The van der Waals surface area contributed by atoms with Crippen molar-refractivity contribution in [1.82, 2.24) is 10.2 Å². The van der Waals surface area contributed by atoms with Gasteiger partial charge in [0.1, 0.15) is 0 Å². The highest BCUT2D eigenvalue weighted by atomic mass is 16.2. The summed E-state index contributed by atoms with van der Waals surface area (Å²) in [5.74, 6) is 0.687. The molecule has 0 bridgehead atoms. The molecule has 74 valence electrons. The fraction of sp³-hybridized carbons (Fsp3) is 0.900. The molecule has 2 amide bonds. The van der Waals surface area contributed by atoms with Crippen molar-refractivity contribution in [3.8, 4) is 0 Å². The minimum atomic E-state index is 0.161. The summed E-state index contributed by atoms with van der Waals surface area (Å²) < 4.78 is 0. The Morgan fingerprint density at radius 3 is 2.46 bits per heavy atom. The molecule has 0 aromatic heterocycles. The van der Waals surface area contributed by atoms with E-state index in [2.05, 4.69) is 12.2 Å². The molecule has 2 aliphatic rings. The van der Waals surface area contributed by atoms with Gasteiger partial charge in [0.05, 0.1) is 0 Å². The fourth-order valence-electron chi connectivity index (χ4n) is 2.05. The van der Waals surface area contributed by atoms with Gasteiger partial charge in [-0.15, -0.1) is 0 Å². The van der Waals surface area contributed by atoms with Crippen LogP contribution in [0.4, 0.5) is 4.79 Å². The monoisotopic (exact) mass is 182 g/mol. The van der Waals surface area contributed by atoms with Crippen molar-refractivity contribution in [2.75, 3.05) is 13.1 Å². The molecule has 2 unspecified atom stereocenters. The van der Waals surface area contributed by atoms with Crippen LogP contribution >= 0.6 is 0 Å². The summed E-state index contributed by atoms with van der Waals surface area (Å²) in [5, 5.41) is 3.10. The standard InChI is InChI=1S/C10H18N2O/c1-8-4-5-9(8)11-10(13)12-6-2-3-7-12/h8-9H,2-7H2,1H3,(H,11,13). The van der Waals surface area contributed by atoms with E-state index in [1.807, 2.05) is 4.90 Å². The van der Waals surface area contributed by atoms with E-state index in [0.717, 1.165) is 13.1 Å². The molecule has 2 rings (SSSR count). The van der Waals surface area contributed by atoms with Crippen LogP contribution in [0.25, 0.3) is 0 Å². The van der Waals surface area contributed by atoms with Crippen LogP contribution in [-0.2, 0) is 0 Å². The fourth-order valence-corrected chi connectivity index (χ4v) is 2.05. The second-order valence-corrected chi connectivity index (χ2v) is 4.30. The van der Waals surface area contributed by atoms with E-state index in [0.29, 0.717) is 12.0 Å². The van der Waals surface area contributed by atoms with Crippen molar-refractivity contribution in [2.45, 2.75) is 38.6 Å². The van der Waals surface area contributed by atoms with Crippen LogP contribution < -0.4 is 5.32 Å². The van der Waals surface area contributed by atoms with Gasteiger partial charge in [-0.3, -0.25) is 0 Å². The van der Waals surface area contributed by atoms with Crippen molar-refractivity contribution in [3.63, 3.8) is 0 Å². The van der Waals surface area contributed by atoms with E-state index in [4.69, 9.17) is 0 Å². The van der Waals surface area contributed by atoms with Crippen molar-refractivity contribution in [2.24, 2.45) is 5.92 Å². The minimum Gasteiger partial charge on any atom is -0.335 e. The molecule has 1 saturated heterocycles. The Hall–Kier alpha value is -0.730. The third-order valence-corrected chi connectivity index (χ3v) is 3.32. The molecule has 13 heavy (non-hydrogen) atoms. The van der Waals surface area contributed by atoms with E-state index in [1.54, 1.807) is 0 Å². The van der Waals surface area contributed by atoms with E-state index in [9.17, 15) is 4.79 Å². The summed E-state index contributed by atoms with van der Waals surface area (Å²) in [7, 11) is 0. The molecule has 0 aromatic rings. The first-order valence-corrected chi connectivity index (χ1v) is 5.33. The highest BCUT2D eigenvalue weighted by Gasteiger charge is 2.29. The van der Waals surface area contributed by atoms with Crippen LogP contribution in [0.5, 0.6) is 0 Å². The molecule has 0 aromatic carbocycles. The minimum absolute atomic E-state index is 0.161. The summed E-state index contributed by atoms with van der Waals surface area (Å²) in [6.45, 7) is 4.11. The molecule has 1 N–H and O–H groups in total. The predicted molar refractivity (Wildman–Crippen MR) is 51.5 cm³/mol. The van der Waals surface area contributed by atoms with Crippen LogP contribution in [-0.4, -0.2) is 30.1 Å². The number of nitrogens with zero attached hydrogens (tertiary/aromatic N) is 1. The second kappa shape index (κ2) is 3.56. The van der Waals surface area contributed by atoms with Crippen LogP contribution in [0.1, 0.15) is 32.6 Å². The van der Waals surface area contributed by atoms with Crippen LogP contribution in [0.3, 0.4) is 0 Å². The lowest BCUT2D eigenvalue weighted by Crippen LogP contribution is -2.50. The van der Waals surface area contributed by atoms with Crippen molar-refractivity contribution < 1.29 is 4.79 Å². The number of urea groups is 1. The maximum Gasteiger partial charge on any atom is 0.317 e. The Kier molecular flexibility index (Phi) is 2.42. The summed E-state index contributed by atoms with van der Waals surface area (Å²) in [4.78, 5) is 13.5. The Morgan fingerprint density at radius 2 is 2.00 bits per heavy atom. The quantitative estimate of drug-likeness (QED) is 0.656. The number of likely N-dealkylation sites (tertiary alicyclic amines) is 1. The van der Waals surface area contributed by atoms with Gasteiger partial charge in [0.15, 0.2) is 0 Å². The van der Waals surface area contributed by atoms with Gasteiger partial charge in [0.2, 0.25) is 0 Å². The summed E-state index contributed by atoms with van der Waals surface area (Å²) >= 11 is 0. The molecule has 3 heteroatoms. The van der Waals surface area contributed by atoms with Gasteiger partial charge >= 0.3 is 6.03 Å². The third-order valence-electron chi connectivity index (χ3n) is 3.32. The van der Waals surface area contributed by atoms with Crippen molar-refractivity contribution in [3.05, 3.63) is 0 Å². The maximum atomic E-state index is 11.6. The van der Waals surface area contributed by atoms with E-state index in [1.165, 1.54) is 25.7 Å². The van der Waals surface area contributed by atoms with E-state index in [-0.39, 0.29) is 6.03 Å². The van der Waals surface area contributed by atoms with Gasteiger partial charge in [-0.25, -0.2) is 4.79 Å². The summed E-state index contributed by atoms with van der Waals surface area (Å²) in [5.41, 5.74) is 0. The highest BCUT2D eigenvalue weighted by Crippen LogP contribution is 2.26. The number of amides is 2. The zero-order chi connectivity index (χ0) is 9.26. The summed E-state index contributed by atoms with van der Waals surface area (Å²) in [6, 6.07) is 0.613. The predicted octanol–water partition coefficient (Wildman–Crippen LogP) is 1.59. The zero-order valence-corrected chi connectivity index (χ0v) is 8.25. The first-order valence-electron chi connectivity index (χ1n) is 5.33. The number of carbonyl (C=O) groups excluding carboxylic acids is 1. The third kappa shape index (κ3) is 1.79. The van der Waals surface area contributed by atoms with E-state index >= 15 is 0 Å². The number of carbonyl (C=O) groups is 1. The molecule has 1 aliphatic heterocycles. The van der Waals surface area contributed by atoms with Gasteiger partial charge in [0.25, 0.3) is 0 Å². The highest BCUT2D eigenvalue weighted by molar-refractivity contribution is 5.74. The number of hydrogen-bond donors (Lipinski definition) is 1. The normalized spacial score (nSPS) is 32.8. The first-order chi connectivity index (χ1) is 6.27. The molecule has 1 heterocycles. The lowest BCUT2D eigenvalue weighted by Gasteiger charge is -2.35. The Labute approximate surface area is 79.5 Å².